The Morgan fingerprint density at radius 3 is 2.26 bits per heavy atom. The van der Waals surface area contributed by atoms with Crippen LogP contribution in [0.25, 0.3) is 16.8 Å². The molecule has 0 fully saturated rings. The van der Waals surface area contributed by atoms with Crippen LogP contribution in [0.2, 0.25) is 0 Å². The first kappa shape index (κ1) is 34.7. The number of methoxy groups -OCH3 is 2. The maximum atomic E-state index is 14.5. The lowest BCUT2D eigenvalue weighted by Crippen LogP contribution is -2.43. The van der Waals surface area contributed by atoms with Crippen molar-refractivity contribution in [2.24, 2.45) is 4.99 Å². The number of aryl methyl sites for hydroxylation is 3. The molecule has 0 unspecified atom stereocenters. The number of hydrogen-bond donors (Lipinski definition) is 0. The highest BCUT2D eigenvalue weighted by Crippen LogP contribution is 2.40. The Balaban J connectivity index is 1.47. The van der Waals surface area contributed by atoms with Crippen LogP contribution >= 0.6 is 11.3 Å². The van der Waals surface area contributed by atoms with Crippen molar-refractivity contribution in [1.29, 1.82) is 0 Å². The number of likely N-dealkylation sites (N-methyl/N-ethyl adjacent to an activating group) is 1. The van der Waals surface area contributed by atoms with Gasteiger partial charge in [-0.1, -0.05) is 65.4 Å². The fourth-order valence-corrected chi connectivity index (χ4v) is 7.96. The quantitative estimate of drug-likeness (QED) is 0.162. The number of nitrogens with zero attached hydrogens (tertiary/aromatic N) is 3. The first-order valence-electron chi connectivity index (χ1n) is 16.8. The summed E-state index contributed by atoms with van der Waals surface area (Å²) in [7, 11) is 3.22. The van der Waals surface area contributed by atoms with Crippen LogP contribution in [0.4, 0.5) is 0 Å². The summed E-state index contributed by atoms with van der Waals surface area (Å²) in [5, 5.41) is 1.89. The molecule has 1 aromatic heterocycles. The van der Waals surface area contributed by atoms with Gasteiger partial charge in [-0.15, -0.1) is 0 Å². The summed E-state index contributed by atoms with van der Waals surface area (Å²) in [6.45, 7) is 13.5. The van der Waals surface area contributed by atoms with E-state index in [0.29, 0.717) is 57.5 Å². The van der Waals surface area contributed by atoms with Crippen molar-refractivity contribution in [1.82, 2.24) is 9.47 Å². The Kier molecular flexibility index (Phi) is 9.97. The van der Waals surface area contributed by atoms with Gasteiger partial charge in [0.2, 0.25) is 0 Å². The third-order valence-corrected chi connectivity index (χ3v) is 10.4. The van der Waals surface area contributed by atoms with Gasteiger partial charge in [0.25, 0.3) is 11.5 Å². The number of hydrogen-bond acceptors (Lipinski definition) is 7. The lowest BCUT2D eigenvalue weighted by atomic mass is 9.90. The Bertz CT molecular complexity index is 2310. The van der Waals surface area contributed by atoms with Crippen LogP contribution in [-0.4, -0.2) is 42.7 Å². The Hall–Kier alpha value is -5.15. The number of benzene rings is 4. The second-order valence-electron chi connectivity index (χ2n) is 12.5. The zero-order valence-corrected chi connectivity index (χ0v) is 30.7. The average Bonchev–Trinajstić information content (AvgIpc) is 3.40. The van der Waals surface area contributed by atoms with E-state index in [9.17, 15) is 9.59 Å². The second kappa shape index (κ2) is 14.4. The predicted molar refractivity (Wildman–Crippen MR) is 200 cm³/mol. The molecule has 8 nitrogen and oxygen atoms in total. The number of carbonyl (C=O) groups excluding carboxylic acids is 1. The highest BCUT2D eigenvalue weighted by molar-refractivity contribution is 7.07. The third kappa shape index (κ3) is 6.33. The minimum atomic E-state index is -0.749. The first-order valence-corrected chi connectivity index (χ1v) is 17.7. The van der Waals surface area contributed by atoms with Crippen molar-refractivity contribution in [2.45, 2.75) is 54.2 Å². The molecule has 0 saturated carbocycles. The third-order valence-electron chi connectivity index (χ3n) is 9.42. The normalized spacial score (nSPS) is 14.4. The van der Waals surface area contributed by atoms with Crippen molar-refractivity contribution in [3.05, 3.63) is 131 Å². The van der Waals surface area contributed by atoms with Gasteiger partial charge in [-0.3, -0.25) is 14.2 Å². The minimum absolute atomic E-state index is 0.151. The lowest BCUT2D eigenvalue weighted by Gasteiger charge is -2.30. The molecule has 4 aromatic carbocycles. The van der Waals surface area contributed by atoms with Gasteiger partial charge in [-0.05, 0) is 98.8 Å². The maximum Gasteiger partial charge on any atom is 0.271 e. The Morgan fingerprint density at radius 2 is 1.58 bits per heavy atom. The molecule has 2 heterocycles. The molecule has 0 radical (unpaired) electrons. The molecule has 1 aliphatic rings. The summed E-state index contributed by atoms with van der Waals surface area (Å²) in [5.41, 5.74) is 7.07. The van der Waals surface area contributed by atoms with E-state index in [1.165, 1.54) is 28.0 Å². The van der Waals surface area contributed by atoms with Gasteiger partial charge in [-0.25, -0.2) is 4.99 Å². The van der Waals surface area contributed by atoms with E-state index in [1.54, 1.807) is 23.7 Å². The molecule has 0 bridgehead atoms. The number of allylic oxidation sites excluding steroid dienone is 1. The molecular weight excluding hydrogens is 647 g/mol. The van der Waals surface area contributed by atoms with Crippen molar-refractivity contribution in [3.63, 3.8) is 0 Å². The smallest absolute Gasteiger partial charge is 0.271 e. The van der Waals surface area contributed by atoms with Crippen LogP contribution in [0.5, 0.6) is 17.2 Å². The molecule has 258 valence electrons. The molecule has 50 heavy (non-hydrogen) atoms. The average molecular weight is 690 g/mol. The molecular formula is C41H43N3O5S. The first-order chi connectivity index (χ1) is 24.1. The number of carbonyl (C=O) groups is 1. The van der Waals surface area contributed by atoms with Gasteiger partial charge in [-0.2, -0.15) is 0 Å². The van der Waals surface area contributed by atoms with E-state index < -0.39 is 6.04 Å². The van der Waals surface area contributed by atoms with Crippen molar-refractivity contribution >= 4 is 34.1 Å². The zero-order chi connectivity index (χ0) is 35.7. The number of thiazole rings is 1. The molecule has 5 aromatic rings. The number of rotatable bonds is 10. The summed E-state index contributed by atoms with van der Waals surface area (Å²) in [6.07, 6.45) is 1.84. The summed E-state index contributed by atoms with van der Waals surface area (Å²) >= 11 is 1.30. The monoisotopic (exact) mass is 689 g/mol. The second-order valence-corrected chi connectivity index (χ2v) is 13.5. The predicted octanol–water partition coefficient (Wildman–Crippen LogP) is 6.78. The Labute approximate surface area is 296 Å². The van der Waals surface area contributed by atoms with Crippen molar-refractivity contribution in [3.8, 4) is 17.2 Å². The maximum absolute atomic E-state index is 14.5. The van der Waals surface area contributed by atoms with Gasteiger partial charge in [0, 0.05) is 18.7 Å². The van der Waals surface area contributed by atoms with Crippen LogP contribution in [0, 0.1) is 20.8 Å². The van der Waals surface area contributed by atoms with E-state index in [-0.39, 0.29) is 11.5 Å². The standard InChI is InChI=1S/C41H43N3O5S/c1-9-43(10-2)40(46)36-27(6)42-41-44(38(36)37-30-14-12-11-13-29(30)16-18-33(37)47-7)39(45)35(50-41)22-28-15-17-32(34(21-28)48-8)49-23-31-25(4)19-24(3)20-26(31)5/h11-22,38H,9-10,23H2,1-8H3/b35-22+/t38-/m1/s1. The van der Waals surface area contributed by atoms with Crippen LogP contribution in [0.1, 0.15) is 60.2 Å². The molecule has 1 atom stereocenters. The van der Waals surface area contributed by atoms with Gasteiger partial charge >= 0.3 is 0 Å². The fourth-order valence-electron chi connectivity index (χ4n) is 6.92. The SMILES string of the molecule is CCN(CC)C(=O)C1=C(C)N=c2s/c(=C/c3ccc(OCc4c(C)cc(C)cc4C)c(OC)c3)c(=O)n2[C@H]1c1c(OC)ccc2ccccc12. The van der Waals surface area contributed by atoms with E-state index in [2.05, 4.69) is 32.9 Å². The Morgan fingerprint density at radius 1 is 0.900 bits per heavy atom. The van der Waals surface area contributed by atoms with Gasteiger partial charge in [0.1, 0.15) is 18.4 Å². The largest absolute Gasteiger partial charge is 0.496 e. The number of fused-ring (bicyclic) bond motifs is 2. The summed E-state index contributed by atoms with van der Waals surface area (Å²) in [6, 6.07) is 21.1. The number of ether oxygens (including phenoxy) is 3. The highest BCUT2D eigenvalue weighted by atomic mass is 32.1. The molecule has 0 aliphatic carbocycles. The van der Waals surface area contributed by atoms with Crippen LogP contribution < -0.4 is 29.1 Å². The molecule has 0 saturated heterocycles. The fraction of sp³-hybridized carbons (Fsp3) is 0.293. The highest BCUT2D eigenvalue weighted by Gasteiger charge is 2.36. The van der Waals surface area contributed by atoms with Crippen LogP contribution in [0.15, 0.2) is 87.8 Å². The molecule has 9 heteroatoms. The van der Waals surface area contributed by atoms with Crippen LogP contribution in [0.3, 0.4) is 0 Å². The van der Waals surface area contributed by atoms with Crippen molar-refractivity contribution in [2.75, 3.05) is 27.3 Å². The molecule has 1 aliphatic heterocycles. The number of amides is 1. The summed E-state index contributed by atoms with van der Waals surface area (Å²) < 4.78 is 20.0. The summed E-state index contributed by atoms with van der Waals surface area (Å²) in [4.78, 5) is 35.9. The zero-order valence-electron chi connectivity index (χ0n) is 29.9. The van der Waals surface area contributed by atoms with Gasteiger partial charge in [0.15, 0.2) is 16.3 Å². The van der Waals surface area contributed by atoms with Crippen molar-refractivity contribution < 1.29 is 19.0 Å². The lowest BCUT2D eigenvalue weighted by molar-refractivity contribution is -0.127. The van der Waals surface area contributed by atoms with E-state index >= 15 is 0 Å². The molecule has 6 rings (SSSR count). The van der Waals surface area contributed by atoms with Gasteiger partial charge < -0.3 is 19.1 Å². The minimum Gasteiger partial charge on any atom is -0.496 e. The van der Waals surface area contributed by atoms with E-state index in [4.69, 9.17) is 19.2 Å². The van der Waals surface area contributed by atoms with Gasteiger partial charge in [0.05, 0.1) is 30.0 Å². The molecule has 0 spiro atoms. The van der Waals surface area contributed by atoms with E-state index in [0.717, 1.165) is 27.5 Å². The number of aromatic nitrogens is 1. The van der Waals surface area contributed by atoms with Crippen LogP contribution in [-0.2, 0) is 11.4 Å². The molecule has 0 N–H and O–H groups in total. The topological polar surface area (TPSA) is 82.4 Å². The van der Waals surface area contributed by atoms with E-state index in [1.807, 2.05) is 81.4 Å². The summed E-state index contributed by atoms with van der Waals surface area (Å²) in [5.74, 6) is 1.63. The molecule has 1 amide bonds.